The second-order valence-corrected chi connectivity index (χ2v) is 3.73. The van der Waals surface area contributed by atoms with Gasteiger partial charge in [0, 0.05) is 0 Å². The molecule has 5 nitrogen and oxygen atoms in total. The van der Waals surface area contributed by atoms with Crippen molar-refractivity contribution >= 4 is 16.0 Å². The Morgan fingerprint density at radius 2 is 2.00 bits per heavy atom. The Labute approximate surface area is 75.9 Å². The second-order valence-electron chi connectivity index (χ2n) is 2.58. The van der Waals surface area contributed by atoms with Crippen LogP contribution in [0, 0.1) is 6.92 Å². The number of hydrogen-bond donors (Lipinski definition) is 3. The minimum Gasteiger partial charge on any atom is -0.508 e. The van der Waals surface area contributed by atoms with Crippen molar-refractivity contribution in [3.63, 3.8) is 0 Å². The van der Waals surface area contributed by atoms with Gasteiger partial charge in [0.05, 0.1) is 5.69 Å². The van der Waals surface area contributed by atoms with Gasteiger partial charge in [0.2, 0.25) is 0 Å². The number of aryl methyl sites for hydroxylation is 1. The van der Waals surface area contributed by atoms with Crippen LogP contribution in [0.2, 0.25) is 0 Å². The Bertz CT molecular complexity index is 413. The van der Waals surface area contributed by atoms with Crippen LogP contribution < -0.4 is 4.72 Å². The molecule has 1 aromatic carbocycles. The second kappa shape index (κ2) is 3.23. The van der Waals surface area contributed by atoms with E-state index in [0.717, 1.165) is 0 Å². The predicted molar refractivity (Wildman–Crippen MR) is 48.0 cm³/mol. The maximum Gasteiger partial charge on any atom is 0.357 e. The van der Waals surface area contributed by atoms with Gasteiger partial charge in [-0.25, -0.2) is 0 Å². The molecule has 0 saturated heterocycles. The predicted octanol–water partition coefficient (Wildman–Crippen LogP) is 0.915. The van der Waals surface area contributed by atoms with E-state index in [0.29, 0.717) is 5.56 Å². The van der Waals surface area contributed by atoms with E-state index in [1.165, 1.54) is 18.2 Å². The average Bonchev–Trinajstić information content (AvgIpc) is 1.93. The minimum absolute atomic E-state index is 0.0402. The van der Waals surface area contributed by atoms with E-state index in [1.54, 1.807) is 6.92 Å². The topological polar surface area (TPSA) is 86.6 Å². The molecular formula is C7H9NO4S. The summed E-state index contributed by atoms with van der Waals surface area (Å²) in [7, 11) is -4.24. The summed E-state index contributed by atoms with van der Waals surface area (Å²) in [5.74, 6) is 0.0402. The first-order chi connectivity index (χ1) is 5.88. The summed E-state index contributed by atoms with van der Waals surface area (Å²) in [4.78, 5) is 0. The Kier molecular flexibility index (Phi) is 2.44. The summed E-state index contributed by atoms with van der Waals surface area (Å²) in [6, 6.07) is 4.06. The van der Waals surface area contributed by atoms with Crippen molar-refractivity contribution in [1.29, 1.82) is 0 Å². The summed E-state index contributed by atoms with van der Waals surface area (Å²) in [5, 5.41) is 9.00. The number of rotatable bonds is 2. The van der Waals surface area contributed by atoms with E-state index < -0.39 is 10.3 Å². The maximum atomic E-state index is 10.4. The number of hydrogen-bond acceptors (Lipinski definition) is 3. The van der Waals surface area contributed by atoms with Crippen LogP contribution in [0.25, 0.3) is 0 Å². The first kappa shape index (κ1) is 9.82. The van der Waals surface area contributed by atoms with Crippen molar-refractivity contribution in [3.05, 3.63) is 23.8 Å². The van der Waals surface area contributed by atoms with Crippen molar-refractivity contribution in [2.45, 2.75) is 6.92 Å². The zero-order valence-electron chi connectivity index (χ0n) is 6.85. The monoisotopic (exact) mass is 203 g/mol. The number of phenolic OH excluding ortho intramolecular Hbond substituents is 1. The zero-order chi connectivity index (χ0) is 10.1. The normalized spacial score (nSPS) is 11.2. The van der Waals surface area contributed by atoms with Crippen LogP contribution >= 0.6 is 0 Å². The SMILES string of the molecule is Cc1cc(O)ccc1NS(=O)(=O)O. The van der Waals surface area contributed by atoms with Gasteiger partial charge in [-0.15, -0.1) is 0 Å². The molecule has 0 spiro atoms. The van der Waals surface area contributed by atoms with E-state index in [4.69, 9.17) is 9.66 Å². The highest BCUT2D eigenvalue weighted by molar-refractivity contribution is 7.87. The standard InChI is InChI=1S/C7H9NO4S/c1-5-4-6(9)2-3-7(5)8-13(10,11)12/h2-4,8-9H,1H3,(H,10,11,12). The van der Waals surface area contributed by atoms with Gasteiger partial charge in [-0.1, -0.05) is 0 Å². The van der Waals surface area contributed by atoms with Gasteiger partial charge >= 0.3 is 10.3 Å². The molecule has 0 aromatic heterocycles. The fourth-order valence-electron chi connectivity index (χ4n) is 0.901. The quantitative estimate of drug-likeness (QED) is 0.492. The molecule has 72 valence electrons. The van der Waals surface area contributed by atoms with Crippen LogP contribution in [-0.4, -0.2) is 18.1 Å². The van der Waals surface area contributed by atoms with Crippen LogP contribution in [-0.2, 0) is 10.3 Å². The summed E-state index contributed by atoms with van der Waals surface area (Å²) in [6.45, 7) is 1.60. The highest BCUT2D eigenvalue weighted by Crippen LogP contribution is 2.20. The molecule has 0 saturated carbocycles. The fourth-order valence-corrected chi connectivity index (χ4v) is 1.41. The van der Waals surface area contributed by atoms with Crippen LogP contribution in [0.4, 0.5) is 5.69 Å². The molecule has 13 heavy (non-hydrogen) atoms. The van der Waals surface area contributed by atoms with Gasteiger partial charge in [-0.05, 0) is 30.7 Å². The Hall–Kier alpha value is -1.27. The van der Waals surface area contributed by atoms with Gasteiger partial charge in [-0.3, -0.25) is 9.27 Å². The van der Waals surface area contributed by atoms with E-state index in [-0.39, 0.29) is 11.4 Å². The molecule has 0 aliphatic heterocycles. The molecular weight excluding hydrogens is 194 g/mol. The lowest BCUT2D eigenvalue weighted by Gasteiger charge is -2.05. The van der Waals surface area contributed by atoms with E-state index in [2.05, 4.69) is 0 Å². The minimum atomic E-state index is -4.24. The molecule has 1 aromatic rings. The lowest BCUT2D eigenvalue weighted by atomic mass is 10.2. The number of nitrogens with one attached hydrogen (secondary N) is 1. The van der Waals surface area contributed by atoms with Crippen molar-refractivity contribution in [1.82, 2.24) is 0 Å². The third-order valence-corrected chi connectivity index (χ3v) is 1.93. The van der Waals surface area contributed by atoms with Gasteiger partial charge in [0.25, 0.3) is 0 Å². The van der Waals surface area contributed by atoms with Gasteiger partial charge < -0.3 is 5.11 Å². The van der Waals surface area contributed by atoms with Crippen molar-refractivity contribution < 1.29 is 18.1 Å². The smallest absolute Gasteiger partial charge is 0.357 e. The third-order valence-electron chi connectivity index (χ3n) is 1.45. The highest BCUT2D eigenvalue weighted by Gasteiger charge is 2.06. The van der Waals surface area contributed by atoms with Gasteiger partial charge in [-0.2, -0.15) is 8.42 Å². The Balaban J connectivity index is 3.04. The van der Waals surface area contributed by atoms with Crippen molar-refractivity contribution in [2.24, 2.45) is 0 Å². The van der Waals surface area contributed by atoms with Crippen molar-refractivity contribution in [3.8, 4) is 5.75 Å². The number of anilines is 1. The summed E-state index contributed by atoms with van der Waals surface area (Å²) in [6.07, 6.45) is 0. The number of aromatic hydroxyl groups is 1. The lowest BCUT2D eigenvalue weighted by Crippen LogP contribution is -2.11. The fraction of sp³-hybridized carbons (Fsp3) is 0.143. The van der Waals surface area contributed by atoms with Gasteiger partial charge in [0.15, 0.2) is 0 Å². The molecule has 0 fully saturated rings. The Morgan fingerprint density at radius 1 is 1.38 bits per heavy atom. The maximum absolute atomic E-state index is 10.4. The average molecular weight is 203 g/mol. The van der Waals surface area contributed by atoms with Crippen LogP contribution in [0.3, 0.4) is 0 Å². The van der Waals surface area contributed by atoms with E-state index >= 15 is 0 Å². The van der Waals surface area contributed by atoms with Crippen LogP contribution in [0.5, 0.6) is 5.75 Å². The first-order valence-electron chi connectivity index (χ1n) is 3.43. The summed E-state index contributed by atoms with van der Waals surface area (Å²) < 4.78 is 31.2. The highest BCUT2D eigenvalue weighted by atomic mass is 32.2. The number of phenols is 1. The molecule has 0 radical (unpaired) electrons. The summed E-state index contributed by atoms with van der Waals surface area (Å²) in [5.41, 5.74) is 0.762. The van der Waals surface area contributed by atoms with E-state index in [1.807, 2.05) is 4.72 Å². The molecule has 0 atom stereocenters. The van der Waals surface area contributed by atoms with Crippen molar-refractivity contribution in [2.75, 3.05) is 4.72 Å². The molecule has 0 amide bonds. The van der Waals surface area contributed by atoms with E-state index in [9.17, 15) is 8.42 Å². The van der Waals surface area contributed by atoms with Crippen LogP contribution in [0.1, 0.15) is 5.56 Å². The third kappa shape index (κ3) is 2.92. The molecule has 0 unspecified atom stereocenters. The zero-order valence-corrected chi connectivity index (χ0v) is 7.67. The van der Waals surface area contributed by atoms with Gasteiger partial charge in [0.1, 0.15) is 5.75 Å². The number of benzene rings is 1. The molecule has 6 heteroatoms. The molecule has 0 aliphatic carbocycles. The molecule has 0 aliphatic rings. The molecule has 1 rings (SSSR count). The largest absolute Gasteiger partial charge is 0.508 e. The Morgan fingerprint density at radius 3 is 2.46 bits per heavy atom. The molecule has 0 bridgehead atoms. The molecule has 3 N–H and O–H groups in total. The lowest BCUT2D eigenvalue weighted by molar-refractivity contribution is 0.474. The first-order valence-corrected chi connectivity index (χ1v) is 4.87. The van der Waals surface area contributed by atoms with Crippen LogP contribution in [0.15, 0.2) is 18.2 Å². The molecule has 0 heterocycles. The summed E-state index contributed by atoms with van der Waals surface area (Å²) >= 11 is 0.